The Morgan fingerprint density at radius 2 is 2.00 bits per heavy atom. The lowest BCUT2D eigenvalue weighted by molar-refractivity contribution is 0.124. The summed E-state index contributed by atoms with van der Waals surface area (Å²) in [6.45, 7) is 2.21. The van der Waals surface area contributed by atoms with Crippen LogP contribution in [0.3, 0.4) is 0 Å². The molecule has 1 aliphatic carbocycles. The molecule has 1 saturated carbocycles. The Hall–Kier alpha value is -0.700. The van der Waals surface area contributed by atoms with Gasteiger partial charge in [0.05, 0.1) is 6.20 Å². The summed E-state index contributed by atoms with van der Waals surface area (Å²) in [5, 5.41) is 9.17. The molecule has 0 amide bonds. The number of aromatic nitrogens is 1. The van der Waals surface area contributed by atoms with Gasteiger partial charge >= 0.3 is 0 Å². The monoisotopic (exact) mass is 344 g/mol. The molecule has 0 radical (unpaired) electrons. The number of rotatable bonds is 4. The lowest BCUT2D eigenvalue weighted by atomic mass is 9.92. The zero-order valence-corrected chi connectivity index (χ0v) is 14.3. The Balaban J connectivity index is 1.59. The fourth-order valence-electron chi connectivity index (χ4n) is 3.53. The molecule has 124 valence electrons. The van der Waals surface area contributed by atoms with Crippen LogP contribution in [0.1, 0.15) is 44.9 Å². The van der Waals surface area contributed by atoms with Crippen molar-refractivity contribution in [1.82, 2.24) is 9.88 Å². The Morgan fingerprint density at radius 3 is 2.68 bits per heavy atom. The van der Waals surface area contributed by atoms with Crippen molar-refractivity contribution in [2.45, 2.75) is 61.2 Å². The third-order valence-corrected chi connectivity index (χ3v) is 6.97. The van der Waals surface area contributed by atoms with Crippen LogP contribution in [0.2, 0.25) is 0 Å². The third-order valence-electron chi connectivity index (χ3n) is 4.64. The van der Waals surface area contributed by atoms with Gasteiger partial charge in [0.1, 0.15) is 0 Å². The average Bonchev–Trinajstić information content (AvgIpc) is 2.97. The standard InChI is InChI=1S/C14H24N4O2S2/c15-22(19,20)13-9-16-14(21-13)17-11-5-4-8-18(10-11)12-6-2-1-3-7-12/h9,11-12H,1-8,10H2,(H,16,17)(H2,15,19,20)/t11-/m1/s1. The van der Waals surface area contributed by atoms with Crippen molar-refractivity contribution >= 4 is 26.5 Å². The van der Waals surface area contributed by atoms with Gasteiger partial charge in [0.25, 0.3) is 0 Å². The first kappa shape index (κ1) is 16.2. The second-order valence-corrected chi connectivity index (χ2v) is 9.12. The van der Waals surface area contributed by atoms with Gasteiger partial charge in [-0.2, -0.15) is 0 Å². The minimum absolute atomic E-state index is 0.120. The summed E-state index contributed by atoms with van der Waals surface area (Å²) in [6, 6.07) is 1.07. The van der Waals surface area contributed by atoms with E-state index in [1.165, 1.54) is 51.3 Å². The van der Waals surface area contributed by atoms with Crippen LogP contribution in [0.25, 0.3) is 0 Å². The van der Waals surface area contributed by atoms with E-state index < -0.39 is 10.0 Å². The summed E-state index contributed by atoms with van der Waals surface area (Å²) in [4.78, 5) is 6.75. The third kappa shape index (κ3) is 3.98. The Labute approximate surface area is 136 Å². The van der Waals surface area contributed by atoms with Gasteiger partial charge in [-0.05, 0) is 32.2 Å². The number of hydrogen-bond donors (Lipinski definition) is 2. The molecule has 0 unspecified atom stereocenters. The van der Waals surface area contributed by atoms with E-state index in [-0.39, 0.29) is 4.21 Å². The number of sulfonamides is 1. The number of nitrogens with two attached hydrogens (primary N) is 1. The molecule has 3 N–H and O–H groups in total. The minimum Gasteiger partial charge on any atom is -0.357 e. The number of nitrogens with one attached hydrogen (secondary N) is 1. The van der Waals surface area contributed by atoms with Crippen LogP contribution in [0.4, 0.5) is 5.13 Å². The van der Waals surface area contributed by atoms with Crippen molar-refractivity contribution in [3.05, 3.63) is 6.20 Å². The predicted molar refractivity (Wildman–Crippen MR) is 88.6 cm³/mol. The van der Waals surface area contributed by atoms with Gasteiger partial charge < -0.3 is 5.32 Å². The number of primary sulfonamides is 1. The second kappa shape index (κ2) is 6.82. The Morgan fingerprint density at radius 1 is 1.23 bits per heavy atom. The molecule has 3 rings (SSSR count). The molecule has 2 aliphatic rings. The van der Waals surface area contributed by atoms with Gasteiger partial charge in [0.2, 0.25) is 10.0 Å². The van der Waals surface area contributed by atoms with E-state index in [2.05, 4.69) is 15.2 Å². The van der Waals surface area contributed by atoms with E-state index in [9.17, 15) is 8.42 Å². The van der Waals surface area contributed by atoms with Gasteiger partial charge in [-0.3, -0.25) is 4.90 Å². The molecule has 0 spiro atoms. The highest BCUT2D eigenvalue weighted by Gasteiger charge is 2.27. The van der Waals surface area contributed by atoms with E-state index in [0.717, 1.165) is 30.3 Å². The molecule has 8 heteroatoms. The van der Waals surface area contributed by atoms with Gasteiger partial charge in [-0.15, -0.1) is 0 Å². The normalized spacial score (nSPS) is 25.2. The first-order valence-corrected chi connectivity index (χ1v) is 10.4. The van der Waals surface area contributed by atoms with Crippen molar-refractivity contribution in [3.63, 3.8) is 0 Å². The Kier molecular flexibility index (Phi) is 5.01. The zero-order chi connectivity index (χ0) is 15.6. The molecule has 1 saturated heterocycles. The van der Waals surface area contributed by atoms with Gasteiger partial charge in [-0.1, -0.05) is 30.6 Å². The number of nitrogens with zero attached hydrogens (tertiary/aromatic N) is 2. The number of piperidine rings is 1. The highest BCUT2D eigenvalue weighted by atomic mass is 32.2. The zero-order valence-electron chi connectivity index (χ0n) is 12.7. The predicted octanol–water partition coefficient (Wildman–Crippen LogP) is 2.00. The van der Waals surface area contributed by atoms with E-state index in [1.807, 2.05) is 0 Å². The van der Waals surface area contributed by atoms with Gasteiger partial charge in [0.15, 0.2) is 9.34 Å². The number of hydrogen-bond acceptors (Lipinski definition) is 6. The summed E-state index contributed by atoms with van der Waals surface area (Å²) in [7, 11) is -3.65. The molecule has 22 heavy (non-hydrogen) atoms. The smallest absolute Gasteiger partial charge is 0.249 e. The quantitative estimate of drug-likeness (QED) is 0.872. The molecule has 1 aromatic heterocycles. The van der Waals surface area contributed by atoms with Crippen LogP contribution in [-0.4, -0.2) is 43.5 Å². The van der Waals surface area contributed by atoms with Crippen LogP contribution in [-0.2, 0) is 10.0 Å². The minimum atomic E-state index is -3.65. The Bertz CT molecular complexity index is 596. The molecule has 2 heterocycles. The fraction of sp³-hybridized carbons (Fsp3) is 0.786. The summed E-state index contributed by atoms with van der Waals surface area (Å²) in [5.74, 6) is 0. The molecule has 0 bridgehead atoms. The molecule has 1 aliphatic heterocycles. The van der Waals surface area contributed by atoms with E-state index in [0.29, 0.717) is 11.2 Å². The molecule has 0 aromatic carbocycles. The largest absolute Gasteiger partial charge is 0.357 e. The topological polar surface area (TPSA) is 88.3 Å². The van der Waals surface area contributed by atoms with Crippen molar-refractivity contribution in [2.75, 3.05) is 18.4 Å². The number of anilines is 1. The van der Waals surface area contributed by atoms with Crippen molar-refractivity contribution in [3.8, 4) is 0 Å². The second-order valence-electron chi connectivity index (χ2n) is 6.30. The average molecular weight is 345 g/mol. The van der Waals surface area contributed by atoms with Crippen molar-refractivity contribution in [1.29, 1.82) is 0 Å². The number of likely N-dealkylation sites (tertiary alicyclic amines) is 1. The molecule has 6 nitrogen and oxygen atoms in total. The van der Waals surface area contributed by atoms with Crippen molar-refractivity contribution < 1.29 is 8.42 Å². The van der Waals surface area contributed by atoms with Gasteiger partial charge in [-0.25, -0.2) is 18.5 Å². The van der Waals surface area contributed by atoms with E-state index in [4.69, 9.17) is 5.14 Å². The summed E-state index contributed by atoms with van der Waals surface area (Å²) >= 11 is 1.12. The fourth-order valence-corrected chi connectivity index (χ4v) is 5.06. The van der Waals surface area contributed by atoms with Crippen LogP contribution in [0.15, 0.2) is 10.4 Å². The maximum atomic E-state index is 11.3. The first-order valence-electron chi connectivity index (χ1n) is 8.01. The van der Waals surface area contributed by atoms with E-state index >= 15 is 0 Å². The maximum absolute atomic E-state index is 11.3. The SMILES string of the molecule is NS(=O)(=O)c1cnc(N[C@@H]2CCCN(C3CCCCC3)C2)s1. The van der Waals surface area contributed by atoms with Crippen LogP contribution in [0, 0.1) is 0 Å². The summed E-state index contributed by atoms with van der Waals surface area (Å²) in [5.41, 5.74) is 0. The summed E-state index contributed by atoms with van der Waals surface area (Å²) in [6.07, 6.45) is 10.3. The molecule has 1 aromatic rings. The van der Waals surface area contributed by atoms with Crippen LogP contribution in [0.5, 0.6) is 0 Å². The van der Waals surface area contributed by atoms with Crippen molar-refractivity contribution in [2.24, 2.45) is 5.14 Å². The van der Waals surface area contributed by atoms with E-state index in [1.54, 1.807) is 0 Å². The highest BCUT2D eigenvalue weighted by Crippen LogP contribution is 2.27. The molecular weight excluding hydrogens is 320 g/mol. The van der Waals surface area contributed by atoms with Gasteiger partial charge in [0, 0.05) is 18.6 Å². The molecule has 1 atom stereocenters. The van der Waals surface area contributed by atoms with Crippen LogP contribution < -0.4 is 10.5 Å². The number of thiazole rings is 1. The lowest BCUT2D eigenvalue weighted by Gasteiger charge is -2.40. The lowest BCUT2D eigenvalue weighted by Crippen LogP contribution is -2.47. The molecular formula is C14H24N4O2S2. The van der Waals surface area contributed by atoms with Crippen LogP contribution >= 0.6 is 11.3 Å². The maximum Gasteiger partial charge on any atom is 0.249 e. The molecule has 2 fully saturated rings. The first-order chi connectivity index (χ1) is 10.5. The summed E-state index contributed by atoms with van der Waals surface area (Å²) < 4.78 is 22.7. The highest BCUT2D eigenvalue weighted by molar-refractivity contribution is 7.91.